The van der Waals surface area contributed by atoms with E-state index in [4.69, 9.17) is 0 Å². The highest BCUT2D eigenvalue weighted by Crippen LogP contribution is 2.22. The standard InChI is InChI=1S/C18H22BrN3O/c1-3-4-17-20-16-11-22(8-7-14(16)18(23)21-17)10-13-6-5-12(2)9-15(13)19/h5-6,9H,3-4,7-8,10-11H2,1-2H3,(H,20,21,23). The highest BCUT2D eigenvalue weighted by molar-refractivity contribution is 9.10. The third-order valence-corrected chi connectivity index (χ3v) is 5.03. The first kappa shape index (κ1) is 16.4. The number of aryl methyl sites for hydroxylation is 2. The highest BCUT2D eigenvalue weighted by atomic mass is 79.9. The molecule has 1 aliphatic heterocycles. The van der Waals surface area contributed by atoms with Crippen molar-refractivity contribution < 1.29 is 0 Å². The van der Waals surface area contributed by atoms with E-state index in [2.05, 4.69) is 62.8 Å². The largest absolute Gasteiger partial charge is 0.310 e. The molecule has 1 aromatic heterocycles. The number of halogens is 1. The van der Waals surface area contributed by atoms with Gasteiger partial charge in [0, 0.05) is 36.1 Å². The van der Waals surface area contributed by atoms with E-state index in [0.29, 0.717) is 0 Å². The zero-order chi connectivity index (χ0) is 16.4. The van der Waals surface area contributed by atoms with Crippen molar-refractivity contribution in [1.82, 2.24) is 14.9 Å². The average Bonchev–Trinajstić information content (AvgIpc) is 2.50. The van der Waals surface area contributed by atoms with Crippen LogP contribution in [-0.2, 0) is 25.9 Å². The Morgan fingerprint density at radius 2 is 2.22 bits per heavy atom. The molecule has 0 fully saturated rings. The summed E-state index contributed by atoms with van der Waals surface area (Å²) in [6, 6.07) is 6.46. The van der Waals surface area contributed by atoms with Gasteiger partial charge in [0.2, 0.25) is 0 Å². The zero-order valence-electron chi connectivity index (χ0n) is 13.7. The number of fused-ring (bicyclic) bond motifs is 1. The Labute approximate surface area is 145 Å². The number of nitrogens with one attached hydrogen (secondary N) is 1. The molecule has 1 N–H and O–H groups in total. The molecule has 0 aliphatic carbocycles. The minimum absolute atomic E-state index is 0.0506. The molecule has 2 aromatic rings. The number of nitrogens with zero attached hydrogens (tertiary/aromatic N) is 2. The van der Waals surface area contributed by atoms with Crippen LogP contribution in [-0.4, -0.2) is 21.4 Å². The first-order valence-corrected chi connectivity index (χ1v) is 8.94. The van der Waals surface area contributed by atoms with E-state index in [1.807, 2.05) is 0 Å². The third kappa shape index (κ3) is 3.72. The molecule has 3 rings (SSSR count). The van der Waals surface area contributed by atoms with Crippen LogP contribution < -0.4 is 5.56 Å². The normalized spacial score (nSPS) is 14.7. The molecule has 0 saturated heterocycles. The predicted octanol–water partition coefficient (Wildman–Crippen LogP) is 3.35. The van der Waals surface area contributed by atoms with Crippen LogP contribution in [0.25, 0.3) is 0 Å². The van der Waals surface area contributed by atoms with Crippen molar-refractivity contribution >= 4 is 15.9 Å². The number of hydrogen-bond acceptors (Lipinski definition) is 3. The lowest BCUT2D eigenvalue weighted by Crippen LogP contribution is -2.35. The second kappa shape index (κ2) is 6.97. The Hall–Kier alpha value is -1.46. The van der Waals surface area contributed by atoms with Crippen molar-refractivity contribution in [2.75, 3.05) is 6.54 Å². The van der Waals surface area contributed by atoms with E-state index < -0.39 is 0 Å². The lowest BCUT2D eigenvalue weighted by atomic mass is 10.0. The second-order valence-corrected chi connectivity index (χ2v) is 7.10. The maximum absolute atomic E-state index is 12.2. The van der Waals surface area contributed by atoms with Gasteiger partial charge in [0.1, 0.15) is 5.82 Å². The van der Waals surface area contributed by atoms with E-state index in [1.54, 1.807) is 0 Å². The first-order chi connectivity index (χ1) is 11.1. The summed E-state index contributed by atoms with van der Waals surface area (Å²) in [6.45, 7) is 6.71. The molecule has 0 saturated carbocycles. The molecule has 0 atom stereocenters. The molecule has 4 nitrogen and oxygen atoms in total. The van der Waals surface area contributed by atoms with Gasteiger partial charge in [-0.1, -0.05) is 35.0 Å². The highest BCUT2D eigenvalue weighted by Gasteiger charge is 2.21. The fourth-order valence-electron chi connectivity index (χ4n) is 3.06. The zero-order valence-corrected chi connectivity index (χ0v) is 15.2. The van der Waals surface area contributed by atoms with Crippen molar-refractivity contribution in [2.24, 2.45) is 0 Å². The molecule has 0 unspecified atom stereocenters. The summed E-state index contributed by atoms with van der Waals surface area (Å²) in [7, 11) is 0. The number of aromatic amines is 1. The van der Waals surface area contributed by atoms with Crippen LogP contribution in [0, 0.1) is 6.92 Å². The molecular weight excluding hydrogens is 354 g/mol. The van der Waals surface area contributed by atoms with Crippen LogP contribution in [0.15, 0.2) is 27.5 Å². The number of H-pyrrole nitrogens is 1. The molecule has 1 aromatic carbocycles. The van der Waals surface area contributed by atoms with Gasteiger partial charge in [0.05, 0.1) is 5.69 Å². The summed E-state index contributed by atoms with van der Waals surface area (Å²) in [6.07, 6.45) is 2.58. The smallest absolute Gasteiger partial charge is 0.254 e. The Kier molecular flexibility index (Phi) is 4.97. The minimum atomic E-state index is 0.0506. The molecule has 23 heavy (non-hydrogen) atoms. The molecule has 5 heteroatoms. The third-order valence-electron chi connectivity index (χ3n) is 4.29. The van der Waals surface area contributed by atoms with Gasteiger partial charge in [-0.25, -0.2) is 4.98 Å². The predicted molar refractivity (Wildman–Crippen MR) is 95.5 cm³/mol. The van der Waals surface area contributed by atoms with Crippen LogP contribution in [0.3, 0.4) is 0 Å². The van der Waals surface area contributed by atoms with E-state index in [0.717, 1.165) is 60.5 Å². The minimum Gasteiger partial charge on any atom is -0.310 e. The quantitative estimate of drug-likeness (QED) is 0.891. The molecule has 2 heterocycles. The summed E-state index contributed by atoms with van der Waals surface area (Å²) in [5.41, 5.74) is 4.39. The number of rotatable bonds is 4. The Morgan fingerprint density at radius 1 is 1.39 bits per heavy atom. The summed E-state index contributed by atoms with van der Waals surface area (Å²) < 4.78 is 1.15. The molecular formula is C18H22BrN3O. The van der Waals surface area contributed by atoms with E-state index in [1.165, 1.54) is 11.1 Å². The summed E-state index contributed by atoms with van der Waals surface area (Å²) in [4.78, 5) is 22.2. The van der Waals surface area contributed by atoms with Gasteiger partial charge in [-0.15, -0.1) is 0 Å². The van der Waals surface area contributed by atoms with Gasteiger partial charge in [-0.05, 0) is 37.0 Å². The summed E-state index contributed by atoms with van der Waals surface area (Å²) >= 11 is 3.65. The Bertz CT molecular complexity index is 769. The maximum Gasteiger partial charge on any atom is 0.254 e. The van der Waals surface area contributed by atoms with Crippen LogP contribution in [0.1, 0.15) is 41.6 Å². The lowest BCUT2D eigenvalue weighted by molar-refractivity contribution is 0.239. The Morgan fingerprint density at radius 3 is 2.96 bits per heavy atom. The van der Waals surface area contributed by atoms with E-state index >= 15 is 0 Å². The second-order valence-electron chi connectivity index (χ2n) is 6.24. The van der Waals surface area contributed by atoms with Crippen molar-refractivity contribution in [2.45, 2.75) is 46.2 Å². The topological polar surface area (TPSA) is 49.0 Å². The van der Waals surface area contributed by atoms with E-state index in [9.17, 15) is 4.79 Å². The van der Waals surface area contributed by atoms with Crippen LogP contribution in [0.5, 0.6) is 0 Å². The van der Waals surface area contributed by atoms with Crippen molar-refractivity contribution in [1.29, 1.82) is 0 Å². The molecule has 122 valence electrons. The summed E-state index contributed by atoms with van der Waals surface area (Å²) in [5.74, 6) is 0.814. The van der Waals surface area contributed by atoms with Crippen molar-refractivity contribution in [3.63, 3.8) is 0 Å². The molecule has 0 amide bonds. The van der Waals surface area contributed by atoms with Crippen molar-refractivity contribution in [3.05, 3.63) is 61.2 Å². The van der Waals surface area contributed by atoms with Gasteiger partial charge in [-0.2, -0.15) is 0 Å². The van der Waals surface area contributed by atoms with Gasteiger partial charge in [-0.3, -0.25) is 9.69 Å². The average molecular weight is 376 g/mol. The lowest BCUT2D eigenvalue weighted by Gasteiger charge is -2.28. The van der Waals surface area contributed by atoms with Gasteiger partial charge < -0.3 is 4.98 Å². The number of hydrogen-bond donors (Lipinski definition) is 1. The van der Waals surface area contributed by atoms with Gasteiger partial charge in [0.25, 0.3) is 5.56 Å². The van der Waals surface area contributed by atoms with Crippen LogP contribution in [0.2, 0.25) is 0 Å². The SMILES string of the molecule is CCCc1nc2c(c(=O)[nH]1)CCN(Cc1ccc(C)cc1Br)C2. The first-order valence-electron chi connectivity index (χ1n) is 8.15. The fourth-order valence-corrected chi connectivity index (χ4v) is 3.68. The molecule has 1 aliphatic rings. The van der Waals surface area contributed by atoms with Crippen molar-refractivity contribution in [3.8, 4) is 0 Å². The van der Waals surface area contributed by atoms with Crippen LogP contribution >= 0.6 is 15.9 Å². The Balaban J connectivity index is 1.80. The number of benzene rings is 1. The summed E-state index contributed by atoms with van der Waals surface area (Å²) in [5, 5.41) is 0. The van der Waals surface area contributed by atoms with E-state index in [-0.39, 0.29) is 5.56 Å². The number of aromatic nitrogens is 2. The fraction of sp³-hybridized carbons (Fsp3) is 0.444. The van der Waals surface area contributed by atoms with Crippen LogP contribution in [0.4, 0.5) is 0 Å². The van der Waals surface area contributed by atoms with Gasteiger partial charge >= 0.3 is 0 Å². The van der Waals surface area contributed by atoms with Gasteiger partial charge in [0.15, 0.2) is 0 Å². The molecule has 0 spiro atoms. The molecule has 0 bridgehead atoms. The monoisotopic (exact) mass is 375 g/mol. The maximum atomic E-state index is 12.2. The molecule has 0 radical (unpaired) electrons.